The molecule has 0 saturated carbocycles. The van der Waals surface area contributed by atoms with Crippen LogP contribution in [0.15, 0.2) is 35.3 Å². The van der Waals surface area contributed by atoms with Crippen LogP contribution in [0.2, 0.25) is 0 Å². The minimum atomic E-state index is 0.871. The average molecular weight is 351 g/mol. The molecule has 1 aromatic carbocycles. The third-order valence-electron chi connectivity index (χ3n) is 5.21. The van der Waals surface area contributed by atoms with Crippen LogP contribution in [0.5, 0.6) is 0 Å². The number of unbranched alkanes of at least 4 members (excludes halogenated alkanes) is 1. The number of fused-ring (bicyclic) bond motifs is 3. The summed E-state index contributed by atoms with van der Waals surface area (Å²) in [6.07, 6.45) is 4.27. The number of aromatic nitrogens is 2. The summed E-state index contributed by atoms with van der Waals surface area (Å²) in [5.74, 6) is 0. The van der Waals surface area contributed by atoms with E-state index in [4.69, 9.17) is 4.98 Å². The molecule has 4 heteroatoms. The van der Waals surface area contributed by atoms with Gasteiger partial charge in [-0.05, 0) is 51.5 Å². The summed E-state index contributed by atoms with van der Waals surface area (Å²) in [6, 6.07) is 10.7. The van der Waals surface area contributed by atoms with Crippen molar-refractivity contribution in [2.75, 3.05) is 26.2 Å². The lowest BCUT2D eigenvalue weighted by Gasteiger charge is -2.16. The van der Waals surface area contributed by atoms with Crippen LogP contribution >= 0.6 is 0 Å². The van der Waals surface area contributed by atoms with E-state index < -0.39 is 0 Å². The smallest absolute Gasteiger partial charge is 0.0818 e. The molecule has 0 radical (unpaired) electrons. The van der Waals surface area contributed by atoms with Crippen molar-refractivity contribution >= 4 is 28.0 Å². The van der Waals surface area contributed by atoms with Gasteiger partial charge >= 0.3 is 0 Å². The zero-order valence-corrected chi connectivity index (χ0v) is 16.5. The monoisotopic (exact) mass is 350 g/mol. The maximum Gasteiger partial charge on any atom is 0.0818 e. The summed E-state index contributed by atoms with van der Waals surface area (Å²) < 4.78 is 2.24. The molecule has 0 aliphatic carbocycles. The Balaban J connectivity index is 1.72. The van der Waals surface area contributed by atoms with Crippen LogP contribution in [0.1, 0.15) is 38.1 Å². The molecule has 0 unspecified atom stereocenters. The molecule has 0 N–H and O–H groups in total. The summed E-state index contributed by atoms with van der Waals surface area (Å²) in [5.41, 5.74) is 4.47. The Hall–Kier alpha value is -2.20. The van der Waals surface area contributed by atoms with E-state index in [1.165, 1.54) is 34.8 Å². The summed E-state index contributed by atoms with van der Waals surface area (Å²) in [4.78, 5) is 11.8. The van der Waals surface area contributed by atoms with Crippen LogP contribution in [0.4, 0.5) is 0 Å². The number of pyridine rings is 1. The second-order valence-electron chi connectivity index (χ2n) is 6.87. The van der Waals surface area contributed by atoms with E-state index in [0.717, 1.165) is 37.4 Å². The van der Waals surface area contributed by atoms with E-state index in [0.29, 0.717) is 0 Å². The molecule has 0 atom stereocenters. The molecule has 0 aliphatic heterocycles. The van der Waals surface area contributed by atoms with Crippen LogP contribution in [0, 0.1) is 6.92 Å². The first kappa shape index (κ1) is 18.6. The standard InChI is InChI=1S/C22H30N4/c1-5-26(6-2)14-10-9-13-23-16-18-15-20-19-11-7-8-12-21(19)25(4)22(20)17(3)24-18/h7-8,11-12,15-16H,5-6,9-10,13-14H2,1-4H3. The molecule has 3 aromatic rings. The van der Waals surface area contributed by atoms with Crippen molar-refractivity contribution in [2.45, 2.75) is 33.6 Å². The Morgan fingerprint density at radius 1 is 1.12 bits per heavy atom. The van der Waals surface area contributed by atoms with Gasteiger partial charge in [-0.3, -0.25) is 4.99 Å². The van der Waals surface area contributed by atoms with Crippen molar-refractivity contribution in [3.63, 3.8) is 0 Å². The van der Waals surface area contributed by atoms with E-state index in [1.54, 1.807) is 0 Å². The van der Waals surface area contributed by atoms with Gasteiger partial charge in [-0.1, -0.05) is 32.0 Å². The number of nitrogens with zero attached hydrogens (tertiary/aromatic N) is 4. The number of rotatable bonds is 8. The number of hydrogen-bond acceptors (Lipinski definition) is 3. The van der Waals surface area contributed by atoms with Gasteiger partial charge in [-0.2, -0.15) is 0 Å². The van der Waals surface area contributed by atoms with Gasteiger partial charge in [-0.25, -0.2) is 4.98 Å². The van der Waals surface area contributed by atoms with Gasteiger partial charge < -0.3 is 9.47 Å². The van der Waals surface area contributed by atoms with Crippen LogP contribution < -0.4 is 0 Å². The first-order valence-electron chi connectivity index (χ1n) is 9.72. The van der Waals surface area contributed by atoms with E-state index in [9.17, 15) is 0 Å². The van der Waals surface area contributed by atoms with Gasteiger partial charge in [0.05, 0.1) is 16.9 Å². The van der Waals surface area contributed by atoms with Gasteiger partial charge in [0, 0.05) is 36.1 Å². The molecule has 0 amide bonds. The molecule has 0 fully saturated rings. The van der Waals surface area contributed by atoms with Crippen molar-refractivity contribution in [3.8, 4) is 0 Å². The predicted molar refractivity (Wildman–Crippen MR) is 112 cm³/mol. The topological polar surface area (TPSA) is 33.4 Å². The zero-order valence-electron chi connectivity index (χ0n) is 16.5. The van der Waals surface area contributed by atoms with Crippen LogP contribution in [-0.2, 0) is 7.05 Å². The lowest BCUT2D eigenvalue weighted by atomic mass is 10.1. The van der Waals surface area contributed by atoms with E-state index in [-0.39, 0.29) is 0 Å². The molecule has 138 valence electrons. The highest BCUT2D eigenvalue weighted by Crippen LogP contribution is 2.29. The average Bonchev–Trinajstić information content (AvgIpc) is 2.94. The summed E-state index contributed by atoms with van der Waals surface area (Å²) >= 11 is 0. The second kappa shape index (κ2) is 8.45. The Morgan fingerprint density at radius 3 is 2.65 bits per heavy atom. The summed E-state index contributed by atoms with van der Waals surface area (Å²) in [7, 11) is 2.11. The lowest BCUT2D eigenvalue weighted by Crippen LogP contribution is -2.23. The highest BCUT2D eigenvalue weighted by Gasteiger charge is 2.11. The van der Waals surface area contributed by atoms with Crippen molar-refractivity contribution in [1.82, 2.24) is 14.5 Å². The highest BCUT2D eigenvalue weighted by atomic mass is 15.1. The molecule has 2 heterocycles. The molecule has 0 spiro atoms. The lowest BCUT2D eigenvalue weighted by molar-refractivity contribution is 0.298. The molecular weight excluding hydrogens is 320 g/mol. The Kier molecular flexibility index (Phi) is 6.04. The molecule has 2 aromatic heterocycles. The number of aryl methyl sites for hydroxylation is 2. The third kappa shape index (κ3) is 3.80. The fourth-order valence-electron chi connectivity index (χ4n) is 3.74. The van der Waals surface area contributed by atoms with Crippen molar-refractivity contribution in [3.05, 3.63) is 41.7 Å². The van der Waals surface area contributed by atoms with E-state index >= 15 is 0 Å². The predicted octanol–water partition coefficient (Wildman–Crippen LogP) is 4.58. The number of benzene rings is 1. The fraction of sp³-hybridized carbons (Fsp3) is 0.455. The normalized spacial score (nSPS) is 12.2. The minimum absolute atomic E-state index is 0.871. The van der Waals surface area contributed by atoms with Crippen molar-refractivity contribution in [2.24, 2.45) is 12.0 Å². The van der Waals surface area contributed by atoms with Gasteiger partial charge in [0.15, 0.2) is 0 Å². The maximum absolute atomic E-state index is 4.75. The Morgan fingerprint density at radius 2 is 1.88 bits per heavy atom. The van der Waals surface area contributed by atoms with Crippen LogP contribution in [-0.4, -0.2) is 46.8 Å². The number of para-hydroxylation sites is 1. The highest BCUT2D eigenvalue weighted by molar-refractivity contribution is 6.09. The van der Waals surface area contributed by atoms with Crippen molar-refractivity contribution < 1.29 is 0 Å². The molecular formula is C22H30N4. The molecule has 26 heavy (non-hydrogen) atoms. The molecule has 0 saturated heterocycles. The van der Waals surface area contributed by atoms with Gasteiger partial charge in [0.1, 0.15) is 0 Å². The Bertz CT molecular complexity index is 903. The SMILES string of the molecule is CCN(CC)CCCCN=Cc1cc2c3ccccc3n(C)c2c(C)n1. The molecule has 0 bridgehead atoms. The first-order valence-corrected chi connectivity index (χ1v) is 9.72. The minimum Gasteiger partial charge on any atom is -0.342 e. The maximum atomic E-state index is 4.75. The number of aliphatic imine (C=N–C) groups is 1. The molecule has 4 nitrogen and oxygen atoms in total. The second-order valence-corrected chi connectivity index (χ2v) is 6.87. The molecule has 3 rings (SSSR count). The fourth-order valence-corrected chi connectivity index (χ4v) is 3.74. The van der Waals surface area contributed by atoms with Gasteiger partial charge in [-0.15, -0.1) is 0 Å². The largest absolute Gasteiger partial charge is 0.342 e. The van der Waals surface area contributed by atoms with E-state index in [1.807, 2.05) is 6.21 Å². The third-order valence-corrected chi connectivity index (χ3v) is 5.21. The van der Waals surface area contributed by atoms with Crippen molar-refractivity contribution in [1.29, 1.82) is 0 Å². The van der Waals surface area contributed by atoms with Crippen LogP contribution in [0.3, 0.4) is 0 Å². The molecule has 0 aliphatic rings. The summed E-state index contributed by atoms with van der Waals surface area (Å²) in [6.45, 7) is 10.8. The Labute approximate surface area is 156 Å². The quantitative estimate of drug-likeness (QED) is 0.440. The first-order chi connectivity index (χ1) is 12.7. The van der Waals surface area contributed by atoms with Gasteiger partial charge in [0.2, 0.25) is 0 Å². The van der Waals surface area contributed by atoms with Gasteiger partial charge in [0.25, 0.3) is 0 Å². The summed E-state index contributed by atoms with van der Waals surface area (Å²) in [5, 5.41) is 2.54. The van der Waals surface area contributed by atoms with E-state index in [2.05, 4.69) is 72.6 Å². The number of hydrogen-bond donors (Lipinski definition) is 0. The van der Waals surface area contributed by atoms with Crippen LogP contribution in [0.25, 0.3) is 21.8 Å². The zero-order chi connectivity index (χ0) is 18.5.